The maximum Gasteiger partial charge on any atom is 0.278 e. The first-order valence-electron chi connectivity index (χ1n) is 11.6. The summed E-state index contributed by atoms with van der Waals surface area (Å²) in [6, 6.07) is 11.6. The second kappa shape index (κ2) is 9.14. The number of benzene rings is 2. The van der Waals surface area contributed by atoms with Gasteiger partial charge in [-0.2, -0.15) is 4.39 Å². The number of pyridine rings is 1. The Morgan fingerprint density at radius 3 is 2.53 bits per heavy atom. The molecule has 0 aliphatic carbocycles. The van der Waals surface area contributed by atoms with E-state index in [1.54, 1.807) is 22.1 Å². The number of aromatic nitrogens is 1. The maximum absolute atomic E-state index is 15.1. The number of hydrogen-bond donors (Lipinski definition) is 1. The van der Waals surface area contributed by atoms with E-state index in [-0.39, 0.29) is 30.6 Å². The van der Waals surface area contributed by atoms with Crippen LogP contribution in [0.25, 0.3) is 0 Å². The number of rotatable bonds is 2. The van der Waals surface area contributed by atoms with Crippen molar-refractivity contribution in [3.8, 4) is 11.5 Å². The molecule has 0 radical (unpaired) electrons. The summed E-state index contributed by atoms with van der Waals surface area (Å²) in [5, 5.41) is 12.4. The number of hydrogen-bond acceptors (Lipinski definition) is 5. The lowest BCUT2D eigenvalue weighted by Crippen LogP contribution is -2.58. The first kappa shape index (κ1) is 23.6. The average Bonchev–Trinajstić information content (AvgIpc) is 2.89. The van der Waals surface area contributed by atoms with Gasteiger partial charge in [0.2, 0.25) is 11.2 Å². The van der Waals surface area contributed by atoms with Crippen LogP contribution in [0.5, 0.6) is 11.5 Å². The van der Waals surface area contributed by atoms with Gasteiger partial charge in [0.25, 0.3) is 5.91 Å². The van der Waals surface area contributed by atoms with E-state index in [1.807, 2.05) is 44.2 Å². The highest BCUT2D eigenvalue weighted by atomic mass is 19.2. The highest BCUT2D eigenvalue weighted by molar-refractivity contribution is 5.96. The average molecular weight is 494 g/mol. The summed E-state index contributed by atoms with van der Waals surface area (Å²) < 4.78 is 36.6. The molecule has 2 aliphatic rings. The van der Waals surface area contributed by atoms with Crippen molar-refractivity contribution in [2.45, 2.75) is 25.9 Å². The standard InChI is InChI=1S/C27H25F2N3O4/c1-16(2)20-9-6-14-36-26-18(10-11-19(28)22(26)29)23(17-7-4-3-5-8-17)32-15-30(20)27(35)24-25(34)21(33)12-13-31(24)32/h3-13,16,20,23,34H,14-15H2,1-2H3/b9-6+/t20-,23-/m0/s1. The van der Waals surface area contributed by atoms with Gasteiger partial charge in [0.05, 0.1) is 6.04 Å². The molecular formula is C27H25F2N3O4. The van der Waals surface area contributed by atoms with Gasteiger partial charge in [-0.05, 0) is 29.7 Å². The number of halogens is 2. The van der Waals surface area contributed by atoms with Crippen molar-refractivity contribution in [3.05, 3.63) is 106 Å². The molecule has 9 heteroatoms. The molecule has 7 nitrogen and oxygen atoms in total. The summed E-state index contributed by atoms with van der Waals surface area (Å²) in [6.45, 7) is 3.88. The van der Waals surface area contributed by atoms with Crippen LogP contribution in [0.3, 0.4) is 0 Å². The zero-order valence-corrected chi connectivity index (χ0v) is 19.8. The highest BCUT2D eigenvalue weighted by Crippen LogP contribution is 2.39. The molecule has 3 heterocycles. The second-order valence-corrected chi connectivity index (χ2v) is 9.14. The molecule has 0 fully saturated rings. The smallest absolute Gasteiger partial charge is 0.278 e. The quantitative estimate of drug-likeness (QED) is 0.548. The summed E-state index contributed by atoms with van der Waals surface area (Å²) in [6.07, 6.45) is 4.84. The van der Waals surface area contributed by atoms with E-state index in [9.17, 15) is 19.1 Å². The van der Waals surface area contributed by atoms with Gasteiger partial charge in [-0.15, -0.1) is 0 Å². The van der Waals surface area contributed by atoms with Gasteiger partial charge in [-0.3, -0.25) is 19.3 Å². The van der Waals surface area contributed by atoms with Crippen LogP contribution in [0.15, 0.2) is 71.7 Å². The van der Waals surface area contributed by atoms with Gasteiger partial charge in [0.1, 0.15) is 19.3 Å². The van der Waals surface area contributed by atoms with E-state index in [0.29, 0.717) is 11.1 Å². The molecular weight excluding hydrogens is 468 g/mol. The Hall–Kier alpha value is -4.14. The SMILES string of the molecule is CC(C)[C@@H]1/C=C/COc2c(ccc(F)c2F)[C@H](c2ccccc2)N2CN1C(=O)c1c(O)c(=O)ccn12. The molecule has 1 aromatic heterocycles. The van der Waals surface area contributed by atoms with Gasteiger partial charge in [-0.25, -0.2) is 4.39 Å². The van der Waals surface area contributed by atoms with Crippen molar-refractivity contribution >= 4 is 5.91 Å². The number of carbonyl (C=O) groups excluding carboxylic acids is 1. The van der Waals surface area contributed by atoms with Crippen LogP contribution >= 0.6 is 0 Å². The maximum atomic E-state index is 15.1. The summed E-state index contributed by atoms with van der Waals surface area (Å²) in [4.78, 5) is 27.6. The molecule has 0 saturated heterocycles. The van der Waals surface area contributed by atoms with Crippen molar-refractivity contribution in [1.29, 1.82) is 0 Å². The van der Waals surface area contributed by atoms with Gasteiger partial charge in [0, 0.05) is 17.8 Å². The lowest BCUT2D eigenvalue weighted by molar-refractivity contribution is 0.0588. The molecule has 186 valence electrons. The lowest BCUT2D eigenvalue weighted by atomic mass is 9.96. The van der Waals surface area contributed by atoms with Crippen LogP contribution in [0.1, 0.15) is 41.5 Å². The summed E-state index contributed by atoms with van der Waals surface area (Å²) >= 11 is 0. The number of ether oxygens (including phenoxy) is 1. The van der Waals surface area contributed by atoms with Gasteiger partial charge in [0.15, 0.2) is 23.0 Å². The minimum absolute atomic E-state index is 0.0383. The number of nitrogens with zero attached hydrogens (tertiary/aromatic N) is 3. The fourth-order valence-corrected chi connectivity index (χ4v) is 4.86. The van der Waals surface area contributed by atoms with Gasteiger partial charge < -0.3 is 14.7 Å². The third-order valence-electron chi connectivity index (χ3n) is 6.58. The molecule has 36 heavy (non-hydrogen) atoms. The molecule has 2 aliphatic heterocycles. The van der Waals surface area contributed by atoms with Gasteiger partial charge in [-0.1, -0.05) is 50.3 Å². The third-order valence-corrected chi connectivity index (χ3v) is 6.58. The first-order chi connectivity index (χ1) is 17.3. The highest BCUT2D eigenvalue weighted by Gasteiger charge is 2.40. The van der Waals surface area contributed by atoms with E-state index in [2.05, 4.69) is 0 Å². The largest absolute Gasteiger partial charge is 0.502 e. The molecule has 2 atom stereocenters. The van der Waals surface area contributed by atoms with E-state index >= 15 is 4.39 Å². The third kappa shape index (κ3) is 3.80. The van der Waals surface area contributed by atoms with Crippen molar-refractivity contribution in [3.63, 3.8) is 0 Å². The molecule has 1 N–H and O–H groups in total. The Bertz CT molecular complexity index is 1400. The van der Waals surface area contributed by atoms with Crippen LogP contribution in [0.2, 0.25) is 0 Å². The van der Waals surface area contributed by atoms with Crippen LogP contribution in [0, 0.1) is 17.6 Å². The molecule has 1 amide bonds. The van der Waals surface area contributed by atoms with E-state index in [0.717, 1.165) is 12.1 Å². The summed E-state index contributed by atoms with van der Waals surface area (Å²) in [5.41, 5.74) is 0.151. The normalized spacial score (nSPS) is 20.3. The number of fused-ring (bicyclic) bond motifs is 5. The van der Waals surface area contributed by atoms with Crippen LogP contribution in [0.4, 0.5) is 8.78 Å². The molecule has 2 aromatic carbocycles. The predicted molar refractivity (Wildman–Crippen MR) is 130 cm³/mol. The molecule has 0 spiro atoms. The zero-order chi connectivity index (χ0) is 25.6. The Labute approximate surface area is 206 Å². The zero-order valence-electron chi connectivity index (χ0n) is 19.8. The lowest BCUT2D eigenvalue weighted by Gasteiger charge is -2.46. The van der Waals surface area contributed by atoms with Gasteiger partial charge >= 0.3 is 0 Å². The fraction of sp³-hybridized carbons (Fsp3) is 0.259. The molecule has 0 unspecified atom stereocenters. The van der Waals surface area contributed by atoms with Crippen LogP contribution < -0.4 is 15.2 Å². The molecule has 2 bridgehead atoms. The predicted octanol–water partition coefficient (Wildman–Crippen LogP) is 3.95. The van der Waals surface area contributed by atoms with Crippen molar-refractivity contribution in [2.75, 3.05) is 18.3 Å². The van der Waals surface area contributed by atoms with Crippen molar-refractivity contribution in [1.82, 2.24) is 9.58 Å². The Balaban J connectivity index is 1.85. The molecule has 0 saturated carbocycles. The summed E-state index contributed by atoms with van der Waals surface area (Å²) in [5.74, 6) is -3.63. The van der Waals surface area contributed by atoms with Crippen molar-refractivity contribution in [2.24, 2.45) is 5.92 Å². The Morgan fingerprint density at radius 2 is 1.81 bits per heavy atom. The number of amides is 1. The fourth-order valence-electron chi connectivity index (χ4n) is 4.86. The van der Waals surface area contributed by atoms with E-state index < -0.39 is 40.8 Å². The Kier molecular flexibility index (Phi) is 5.99. The minimum atomic E-state index is -1.12. The van der Waals surface area contributed by atoms with Crippen LogP contribution in [-0.2, 0) is 0 Å². The van der Waals surface area contributed by atoms with Crippen LogP contribution in [-0.4, -0.2) is 39.9 Å². The molecule has 5 rings (SSSR count). The minimum Gasteiger partial charge on any atom is -0.502 e. The number of aromatic hydroxyl groups is 1. The Morgan fingerprint density at radius 1 is 1.06 bits per heavy atom. The monoisotopic (exact) mass is 493 g/mol. The van der Waals surface area contributed by atoms with E-state index in [4.69, 9.17) is 4.74 Å². The molecule has 3 aromatic rings. The summed E-state index contributed by atoms with van der Waals surface area (Å²) in [7, 11) is 0. The van der Waals surface area contributed by atoms with E-state index in [1.165, 1.54) is 16.9 Å². The number of carbonyl (C=O) groups is 1. The topological polar surface area (TPSA) is 75.0 Å². The second-order valence-electron chi connectivity index (χ2n) is 9.14. The van der Waals surface area contributed by atoms with Crippen molar-refractivity contribution < 1.29 is 23.4 Å². The first-order valence-corrected chi connectivity index (χ1v) is 11.6.